The molecule has 5 rings (SSSR count). The normalized spacial score (nSPS) is 24.6. The third-order valence-electron chi connectivity index (χ3n) is 6.33. The number of carbonyl (C=O) groups is 2. The number of aliphatic hydroxyl groups is 1. The van der Waals surface area contributed by atoms with Gasteiger partial charge >= 0.3 is 0 Å². The number of amides is 2. The Hall–Kier alpha value is -3.65. The van der Waals surface area contributed by atoms with Gasteiger partial charge in [0.25, 0.3) is 5.91 Å². The second kappa shape index (κ2) is 6.93. The van der Waals surface area contributed by atoms with E-state index in [-0.39, 0.29) is 13.0 Å². The van der Waals surface area contributed by atoms with E-state index in [4.69, 9.17) is 0 Å². The second-order valence-electron chi connectivity index (χ2n) is 8.57. The van der Waals surface area contributed by atoms with Crippen LogP contribution in [0.2, 0.25) is 0 Å². The SMILES string of the molecule is CC(=O)N1C[C@]2(O)N=C(c3ccc(C)cc3)C[C@]2(n2ncc(-c3ccc(C)cc3)n2)C1=O. The molecule has 0 spiro atoms. The third kappa shape index (κ3) is 2.83. The Labute approximate surface area is 185 Å². The van der Waals surface area contributed by atoms with E-state index in [1.165, 1.54) is 11.7 Å². The third-order valence-corrected chi connectivity index (χ3v) is 6.33. The number of benzene rings is 2. The summed E-state index contributed by atoms with van der Waals surface area (Å²) in [5.41, 5.74) is 1.53. The van der Waals surface area contributed by atoms with Gasteiger partial charge in [-0.1, -0.05) is 59.7 Å². The lowest BCUT2D eigenvalue weighted by Gasteiger charge is -2.29. The lowest BCUT2D eigenvalue weighted by Crippen LogP contribution is -2.54. The number of aliphatic imine (C=N–C) groups is 1. The molecule has 8 heteroatoms. The number of aryl methyl sites for hydroxylation is 2. The Kier molecular flexibility index (Phi) is 4.39. The molecule has 1 N–H and O–H groups in total. The van der Waals surface area contributed by atoms with Gasteiger partial charge in [0, 0.05) is 24.6 Å². The van der Waals surface area contributed by atoms with Crippen LogP contribution in [-0.4, -0.2) is 54.8 Å². The van der Waals surface area contributed by atoms with Crippen molar-refractivity contribution in [3.05, 3.63) is 71.4 Å². The fourth-order valence-electron chi connectivity index (χ4n) is 4.45. The van der Waals surface area contributed by atoms with Gasteiger partial charge in [-0.15, -0.1) is 0 Å². The second-order valence-corrected chi connectivity index (χ2v) is 8.57. The number of aromatic nitrogens is 3. The van der Waals surface area contributed by atoms with Crippen molar-refractivity contribution in [3.8, 4) is 11.3 Å². The molecule has 1 saturated heterocycles. The lowest BCUT2D eigenvalue weighted by atomic mass is 9.87. The van der Waals surface area contributed by atoms with Gasteiger partial charge in [0.05, 0.1) is 12.7 Å². The zero-order valence-electron chi connectivity index (χ0n) is 18.1. The number of hydrogen-bond donors (Lipinski definition) is 1. The van der Waals surface area contributed by atoms with Crippen molar-refractivity contribution in [1.29, 1.82) is 0 Å². The molecule has 2 aliphatic heterocycles. The molecule has 0 unspecified atom stereocenters. The predicted octanol–water partition coefficient (Wildman–Crippen LogP) is 2.23. The molecule has 0 bridgehead atoms. The van der Waals surface area contributed by atoms with Crippen molar-refractivity contribution in [2.45, 2.75) is 38.5 Å². The highest BCUT2D eigenvalue weighted by Gasteiger charge is 2.71. The first-order valence-electron chi connectivity index (χ1n) is 10.4. The minimum absolute atomic E-state index is 0.0805. The van der Waals surface area contributed by atoms with Gasteiger partial charge in [-0.3, -0.25) is 14.5 Å². The van der Waals surface area contributed by atoms with Crippen LogP contribution in [-0.2, 0) is 15.1 Å². The number of β-amino-alcohol motifs (C(OH)–C–C–N with tert-alkyl or cyclic N) is 1. The van der Waals surface area contributed by atoms with E-state index in [9.17, 15) is 14.7 Å². The first-order valence-corrected chi connectivity index (χ1v) is 10.4. The fourth-order valence-corrected chi connectivity index (χ4v) is 4.45. The smallest absolute Gasteiger partial charge is 0.264 e. The molecular weight excluding hydrogens is 406 g/mol. The van der Waals surface area contributed by atoms with Crippen molar-refractivity contribution in [2.24, 2.45) is 4.99 Å². The molecule has 0 aliphatic carbocycles. The summed E-state index contributed by atoms with van der Waals surface area (Å²) in [5, 5.41) is 20.6. The number of carbonyl (C=O) groups excluding carboxylic acids is 2. The number of hydrogen-bond acceptors (Lipinski definition) is 6. The Bertz CT molecular complexity index is 1260. The highest BCUT2D eigenvalue weighted by Crippen LogP contribution is 2.48. The molecule has 2 aromatic carbocycles. The average Bonchev–Trinajstić information content (AvgIpc) is 3.41. The molecule has 32 heavy (non-hydrogen) atoms. The van der Waals surface area contributed by atoms with Crippen LogP contribution in [0.15, 0.2) is 59.7 Å². The van der Waals surface area contributed by atoms with E-state index in [0.29, 0.717) is 11.4 Å². The predicted molar refractivity (Wildman–Crippen MR) is 118 cm³/mol. The van der Waals surface area contributed by atoms with Crippen molar-refractivity contribution in [1.82, 2.24) is 19.9 Å². The van der Waals surface area contributed by atoms with Crippen molar-refractivity contribution in [2.75, 3.05) is 6.54 Å². The van der Waals surface area contributed by atoms with Crippen molar-refractivity contribution < 1.29 is 14.7 Å². The van der Waals surface area contributed by atoms with Crippen LogP contribution in [0.3, 0.4) is 0 Å². The van der Waals surface area contributed by atoms with Crippen LogP contribution >= 0.6 is 0 Å². The molecule has 8 nitrogen and oxygen atoms in total. The van der Waals surface area contributed by atoms with E-state index in [1.54, 1.807) is 6.20 Å². The minimum Gasteiger partial charge on any atom is -0.365 e. The van der Waals surface area contributed by atoms with Gasteiger partial charge in [0.1, 0.15) is 5.69 Å². The largest absolute Gasteiger partial charge is 0.365 e. The average molecular weight is 429 g/mol. The first kappa shape index (κ1) is 20.3. The Morgan fingerprint density at radius 3 is 2.19 bits per heavy atom. The highest BCUT2D eigenvalue weighted by molar-refractivity contribution is 6.11. The lowest BCUT2D eigenvalue weighted by molar-refractivity contribution is -0.146. The quantitative estimate of drug-likeness (QED) is 0.688. The van der Waals surface area contributed by atoms with E-state index in [1.807, 2.05) is 62.4 Å². The van der Waals surface area contributed by atoms with Crippen LogP contribution in [0.25, 0.3) is 11.3 Å². The van der Waals surface area contributed by atoms with Crippen LogP contribution in [0, 0.1) is 13.8 Å². The van der Waals surface area contributed by atoms with Gasteiger partial charge in [0.15, 0.2) is 0 Å². The van der Waals surface area contributed by atoms with Crippen LogP contribution in [0.1, 0.15) is 30.0 Å². The maximum absolute atomic E-state index is 13.5. The molecular formula is C24H23N5O3. The summed E-state index contributed by atoms with van der Waals surface area (Å²) in [4.78, 5) is 32.5. The maximum Gasteiger partial charge on any atom is 0.264 e. The molecule has 1 fully saturated rings. The van der Waals surface area contributed by atoms with Crippen LogP contribution < -0.4 is 0 Å². The summed E-state index contributed by atoms with van der Waals surface area (Å²) in [6, 6.07) is 15.5. The Morgan fingerprint density at radius 2 is 1.59 bits per heavy atom. The van der Waals surface area contributed by atoms with Gasteiger partial charge < -0.3 is 5.11 Å². The zero-order chi connectivity index (χ0) is 22.7. The van der Waals surface area contributed by atoms with Gasteiger partial charge in [-0.25, -0.2) is 4.99 Å². The highest BCUT2D eigenvalue weighted by atomic mass is 16.3. The minimum atomic E-state index is -1.86. The summed E-state index contributed by atoms with van der Waals surface area (Å²) in [6.45, 7) is 5.04. The van der Waals surface area contributed by atoms with Crippen molar-refractivity contribution in [3.63, 3.8) is 0 Å². The van der Waals surface area contributed by atoms with Gasteiger partial charge in [0.2, 0.25) is 17.2 Å². The van der Waals surface area contributed by atoms with E-state index in [2.05, 4.69) is 15.2 Å². The number of imide groups is 1. The summed E-state index contributed by atoms with van der Waals surface area (Å²) in [6.07, 6.45) is 1.64. The fraction of sp³-hybridized carbons (Fsp3) is 0.292. The monoisotopic (exact) mass is 429 g/mol. The number of fused-ring (bicyclic) bond motifs is 1. The topological polar surface area (TPSA) is 101 Å². The molecule has 0 radical (unpaired) electrons. The molecule has 1 aromatic heterocycles. The van der Waals surface area contributed by atoms with E-state index in [0.717, 1.165) is 27.2 Å². The first-order chi connectivity index (χ1) is 15.2. The molecule has 162 valence electrons. The van der Waals surface area contributed by atoms with E-state index < -0.39 is 23.1 Å². The number of nitrogens with zero attached hydrogens (tertiary/aromatic N) is 5. The summed E-state index contributed by atoms with van der Waals surface area (Å²) in [7, 11) is 0. The van der Waals surface area contributed by atoms with Gasteiger partial charge in [-0.2, -0.15) is 15.0 Å². The molecule has 3 aromatic rings. The summed E-state index contributed by atoms with van der Waals surface area (Å²) in [5.74, 6) is -1.00. The zero-order valence-corrected chi connectivity index (χ0v) is 18.1. The maximum atomic E-state index is 13.5. The Balaban J connectivity index is 1.62. The van der Waals surface area contributed by atoms with Crippen LogP contribution in [0.5, 0.6) is 0 Å². The molecule has 2 atom stereocenters. The molecule has 2 amide bonds. The molecule has 3 heterocycles. The number of likely N-dealkylation sites (tertiary alicyclic amines) is 1. The Morgan fingerprint density at radius 1 is 1.00 bits per heavy atom. The summed E-state index contributed by atoms with van der Waals surface area (Å²) >= 11 is 0. The number of rotatable bonds is 3. The summed E-state index contributed by atoms with van der Waals surface area (Å²) < 4.78 is 0. The van der Waals surface area contributed by atoms with E-state index >= 15 is 0 Å². The van der Waals surface area contributed by atoms with Crippen LogP contribution in [0.4, 0.5) is 0 Å². The molecule has 2 aliphatic rings. The van der Waals surface area contributed by atoms with Crippen molar-refractivity contribution >= 4 is 17.5 Å². The standard InChI is InChI=1S/C24H23N5O3/c1-15-4-8-18(9-5-15)20-12-23(22(31)28(17(3)30)14-24(23,32)26-20)29-25-13-21(27-29)19-10-6-16(2)7-11-19/h4-11,13,32H,12,14H2,1-3H3/t23-,24+/m0/s1. The van der Waals surface area contributed by atoms with Gasteiger partial charge in [-0.05, 0) is 19.4 Å². The molecule has 0 saturated carbocycles.